The first-order valence-corrected chi connectivity index (χ1v) is 5.31. The van der Waals surface area contributed by atoms with Gasteiger partial charge in [0.15, 0.2) is 0 Å². The lowest BCUT2D eigenvalue weighted by Gasteiger charge is -2.25. The van der Waals surface area contributed by atoms with E-state index in [4.69, 9.17) is 5.73 Å². The van der Waals surface area contributed by atoms with Crippen LogP contribution in [-0.4, -0.2) is 5.11 Å². The van der Waals surface area contributed by atoms with Crippen LogP contribution in [-0.2, 0) is 5.54 Å². The molecule has 0 unspecified atom stereocenters. The minimum absolute atomic E-state index is 0.0978. The largest absolute Gasteiger partial charge is 0.508 e. The van der Waals surface area contributed by atoms with Crippen LogP contribution >= 0.6 is 0 Å². The summed E-state index contributed by atoms with van der Waals surface area (Å²) in [5, 5.41) is 9.47. The normalized spacial score (nSPS) is 19.4. The third-order valence-corrected chi connectivity index (χ3v) is 3.27. The Bertz CT molecular complexity index is 383. The maximum absolute atomic E-state index is 13.9. The van der Waals surface area contributed by atoms with Crippen LogP contribution in [0.1, 0.15) is 36.8 Å². The Labute approximate surface area is 88.9 Å². The van der Waals surface area contributed by atoms with Crippen LogP contribution in [0, 0.1) is 12.7 Å². The molecule has 0 spiro atoms. The molecule has 1 aliphatic carbocycles. The van der Waals surface area contributed by atoms with Crippen molar-refractivity contribution in [2.75, 3.05) is 0 Å². The zero-order chi connectivity index (χ0) is 11.1. The van der Waals surface area contributed by atoms with Crippen LogP contribution in [0.5, 0.6) is 5.75 Å². The molecule has 15 heavy (non-hydrogen) atoms. The molecule has 1 aromatic rings. The molecule has 1 saturated carbocycles. The molecule has 1 fully saturated rings. The van der Waals surface area contributed by atoms with Gasteiger partial charge in [0, 0.05) is 11.1 Å². The van der Waals surface area contributed by atoms with Gasteiger partial charge in [0.25, 0.3) is 0 Å². The number of nitrogens with two attached hydrogens (primary N) is 1. The first-order chi connectivity index (χ1) is 7.03. The first kappa shape index (κ1) is 10.4. The van der Waals surface area contributed by atoms with Crippen molar-refractivity contribution in [2.45, 2.75) is 38.1 Å². The topological polar surface area (TPSA) is 46.2 Å². The molecule has 82 valence electrons. The van der Waals surface area contributed by atoms with Crippen molar-refractivity contribution < 1.29 is 9.50 Å². The van der Waals surface area contributed by atoms with Crippen molar-refractivity contribution in [3.8, 4) is 5.75 Å². The lowest BCUT2D eigenvalue weighted by Crippen LogP contribution is -2.34. The predicted octanol–water partition coefficient (Wildman–Crippen LogP) is 2.57. The van der Waals surface area contributed by atoms with Crippen LogP contribution in [0.25, 0.3) is 0 Å². The predicted molar refractivity (Wildman–Crippen MR) is 57.1 cm³/mol. The van der Waals surface area contributed by atoms with Gasteiger partial charge in [-0.15, -0.1) is 0 Å². The van der Waals surface area contributed by atoms with Gasteiger partial charge in [-0.1, -0.05) is 12.8 Å². The van der Waals surface area contributed by atoms with E-state index < -0.39 is 5.54 Å². The van der Waals surface area contributed by atoms with Gasteiger partial charge >= 0.3 is 0 Å². The Hall–Kier alpha value is -1.09. The molecule has 0 aliphatic heterocycles. The molecule has 1 aliphatic rings. The van der Waals surface area contributed by atoms with Gasteiger partial charge in [-0.2, -0.15) is 0 Å². The fraction of sp³-hybridized carbons (Fsp3) is 0.500. The average Bonchev–Trinajstić information content (AvgIpc) is 2.59. The van der Waals surface area contributed by atoms with E-state index in [-0.39, 0.29) is 11.6 Å². The van der Waals surface area contributed by atoms with Crippen molar-refractivity contribution in [1.82, 2.24) is 0 Å². The minimum atomic E-state index is -0.576. The van der Waals surface area contributed by atoms with Gasteiger partial charge in [-0.05, 0) is 37.5 Å². The number of rotatable bonds is 1. The van der Waals surface area contributed by atoms with E-state index in [1.165, 1.54) is 12.1 Å². The molecule has 2 rings (SSSR count). The Morgan fingerprint density at radius 3 is 2.53 bits per heavy atom. The van der Waals surface area contributed by atoms with E-state index in [2.05, 4.69) is 0 Å². The highest BCUT2D eigenvalue weighted by Crippen LogP contribution is 2.39. The van der Waals surface area contributed by atoms with E-state index >= 15 is 0 Å². The van der Waals surface area contributed by atoms with Crippen LogP contribution in [0.4, 0.5) is 4.39 Å². The standard InChI is InChI=1S/C12H16FNO/c1-8-6-9(15)7-10(11(8)13)12(14)4-2-3-5-12/h6-7,15H,2-5,14H2,1H3. The molecule has 2 nitrogen and oxygen atoms in total. The van der Waals surface area contributed by atoms with Crippen molar-refractivity contribution >= 4 is 0 Å². The highest BCUT2D eigenvalue weighted by Gasteiger charge is 2.34. The van der Waals surface area contributed by atoms with E-state index in [0.717, 1.165) is 25.7 Å². The summed E-state index contributed by atoms with van der Waals surface area (Å²) in [6.07, 6.45) is 3.66. The van der Waals surface area contributed by atoms with Crippen molar-refractivity contribution in [1.29, 1.82) is 0 Å². The SMILES string of the molecule is Cc1cc(O)cc(C2(N)CCCC2)c1F. The summed E-state index contributed by atoms with van der Waals surface area (Å²) in [6, 6.07) is 2.89. The van der Waals surface area contributed by atoms with Gasteiger partial charge in [0.2, 0.25) is 0 Å². The van der Waals surface area contributed by atoms with Crippen molar-refractivity contribution in [3.05, 3.63) is 29.1 Å². The van der Waals surface area contributed by atoms with Gasteiger partial charge < -0.3 is 10.8 Å². The summed E-state index contributed by atoms with van der Waals surface area (Å²) in [6.45, 7) is 1.65. The fourth-order valence-corrected chi connectivity index (χ4v) is 2.39. The Balaban J connectivity index is 2.51. The molecule has 0 bridgehead atoms. The molecular formula is C12H16FNO. The Morgan fingerprint density at radius 2 is 1.93 bits per heavy atom. The number of phenols is 1. The highest BCUT2D eigenvalue weighted by atomic mass is 19.1. The molecule has 0 amide bonds. The third kappa shape index (κ3) is 1.72. The summed E-state index contributed by atoms with van der Waals surface area (Å²) in [5.74, 6) is -0.169. The van der Waals surface area contributed by atoms with Crippen LogP contribution < -0.4 is 5.73 Å². The summed E-state index contributed by atoms with van der Waals surface area (Å²) >= 11 is 0. The number of phenolic OH excluding ortho intramolecular Hbond substituents is 1. The summed E-state index contributed by atoms with van der Waals surface area (Å²) in [7, 11) is 0. The monoisotopic (exact) mass is 209 g/mol. The molecule has 3 N–H and O–H groups in total. The second kappa shape index (κ2) is 3.49. The molecule has 0 radical (unpaired) electrons. The number of benzene rings is 1. The van der Waals surface area contributed by atoms with Crippen LogP contribution in [0.2, 0.25) is 0 Å². The Morgan fingerprint density at radius 1 is 1.33 bits per heavy atom. The van der Waals surface area contributed by atoms with Crippen LogP contribution in [0.3, 0.4) is 0 Å². The average molecular weight is 209 g/mol. The van der Waals surface area contributed by atoms with E-state index in [9.17, 15) is 9.50 Å². The lowest BCUT2D eigenvalue weighted by molar-refractivity contribution is 0.420. The molecule has 0 aromatic heterocycles. The first-order valence-electron chi connectivity index (χ1n) is 5.31. The molecule has 0 heterocycles. The fourth-order valence-electron chi connectivity index (χ4n) is 2.39. The smallest absolute Gasteiger partial charge is 0.131 e. The number of aromatic hydroxyl groups is 1. The van der Waals surface area contributed by atoms with Crippen molar-refractivity contribution in [3.63, 3.8) is 0 Å². The quantitative estimate of drug-likeness (QED) is 0.746. The zero-order valence-electron chi connectivity index (χ0n) is 8.89. The molecule has 1 aromatic carbocycles. The van der Waals surface area contributed by atoms with Gasteiger partial charge in [-0.3, -0.25) is 0 Å². The molecule has 0 atom stereocenters. The van der Waals surface area contributed by atoms with Crippen molar-refractivity contribution in [2.24, 2.45) is 5.73 Å². The van der Waals surface area contributed by atoms with Gasteiger partial charge in [0.05, 0.1) is 0 Å². The lowest BCUT2D eigenvalue weighted by atomic mass is 9.87. The second-order valence-electron chi connectivity index (χ2n) is 4.49. The molecule has 0 saturated heterocycles. The number of aryl methyl sites for hydroxylation is 1. The summed E-state index contributed by atoms with van der Waals surface area (Å²) < 4.78 is 13.9. The highest BCUT2D eigenvalue weighted by molar-refractivity contribution is 5.38. The maximum atomic E-state index is 13.9. The maximum Gasteiger partial charge on any atom is 0.131 e. The van der Waals surface area contributed by atoms with E-state index in [1.54, 1.807) is 6.92 Å². The number of hydrogen-bond donors (Lipinski definition) is 2. The number of hydrogen-bond acceptors (Lipinski definition) is 2. The zero-order valence-corrected chi connectivity index (χ0v) is 8.89. The third-order valence-electron chi connectivity index (χ3n) is 3.27. The number of halogens is 1. The Kier molecular flexibility index (Phi) is 2.43. The van der Waals surface area contributed by atoms with Crippen LogP contribution in [0.15, 0.2) is 12.1 Å². The van der Waals surface area contributed by atoms with E-state index in [1.807, 2.05) is 0 Å². The van der Waals surface area contributed by atoms with Gasteiger partial charge in [0.1, 0.15) is 11.6 Å². The second-order valence-corrected chi connectivity index (χ2v) is 4.49. The minimum Gasteiger partial charge on any atom is -0.508 e. The molecular weight excluding hydrogens is 193 g/mol. The summed E-state index contributed by atoms with van der Waals surface area (Å²) in [4.78, 5) is 0. The summed E-state index contributed by atoms with van der Waals surface area (Å²) in [5.41, 5.74) is 6.52. The molecule has 3 heteroatoms. The van der Waals surface area contributed by atoms with Gasteiger partial charge in [-0.25, -0.2) is 4.39 Å². The van der Waals surface area contributed by atoms with E-state index in [0.29, 0.717) is 11.1 Å².